The number of nitrogens with one attached hydrogen (secondary N) is 1. The van der Waals surface area contributed by atoms with E-state index in [2.05, 4.69) is 42.3 Å². The molecule has 0 atom stereocenters. The van der Waals surface area contributed by atoms with Gasteiger partial charge >= 0.3 is 0 Å². The fourth-order valence-electron chi connectivity index (χ4n) is 3.33. The van der Waals surface area contributed by atoms with Crippen LogP contribution in [0.25, 0.3) is 16.9 Å². The summed E-state index contributed by atoms with van der Waals surface area (Å²) in [6, 6.07) is 10.4. The standard InChI is InChI=1S/C23H24N4OS/c1-13-8-9-27-19(12-21(28)26-23-24-16(4)17(5)29-23)22(25-20(27)10-13)18-7-6-14(2)15(3)11-18/h6-11H,12H2,1-5H3,(H,24,26,28). The molecule has 148 valence electrons. The molecule has 0 unspecified atom stereocenters. The van der Waals surface area contributed by atoms with Crippen molar-refractivity contribution in [2.75, 3.05) is 5.32 Å². The van der Waals surface area contributed by atoms with E-state index < -0.39 is 0 Å². The Morgan fingerprint density at radius 2 is 1.83 bits per heavy atom. The number of carbonyl (C=O) groups is 1. The molecule has 0 radical (unpaired) electrons. The number of pyridine rings is 1. The van der Waals surface area contributed by atoms with Crippen molar-refractivity contribution >= 4 is 28.0 Å². The minimum Gasteiger partial charge on any atom is -0.303 e. The topological polar surface area (TPSA) is 59.3 Å². The number of imidazole rings is 1. The van der Waals surface area contributed by atoms with Crippen LogP contribution in [0.4, 0.5) is 5.13 Å². The van der Waals surface area contributed by atoms with Gasteiger partial charge in [0.1, 0.15) is 5.65 Å². The number of carbonyl (C=O) groups excluding carboxylic acids is 1. The monoisotopic (exact) mass is 404 g/mol. The Hall–Kier alpha value is -2.99. The number of anilines is 1. The lowest BCUT2D eigenvalue weighted by molar-refractivity contribution is -0.115. The maximum atomic E-state index is 12.8. The summed E-state index contributed by atoms with van der Waals surface area (Å²) < 4.78 is 2.01. The molecular weight excluding hydrogens is 380 g/mol. The summed E-state index contributed by atoms with van der Waals surface area (Å²) in [5.41, 5.74) is 8.14. The van der Waals surface area contributed by atoms with Gasteiger partial charge in [0.25, 0.3) is 0 Å². The Labute approximate surface area is 174 Å². The molecule has 1 amide bonds. The number of fused-ring (bicyclic) bond motifs is 1. The third kappa shape index (κ3) is 3.80. The van der Waals surface area contributed by atoms with Gasteiger partial charge in [-0.2, -0.15) is 0 Å². The van der Waals surface area contributed by atoms with Crippen molar-refractivity contribution < 1.29 is 4.79 Å². The van der Waals surface area contributed by atoms with Gasteiger partial charge in [-0.05, 0) is 69.5 Å². The minimum absolute atomic E-state index is 0.0915. The van der Waals surface area contributed by atoms with Crippen molar-refractivity contribution in [1.29, 1.82) is 0 Å². The Morgan fingerprint density at radius 3 is 2.52 bits per heavy atom. The van der Waals surface area contributed by atoms with Crippen molar-refractivity contribution in [3.8, 4) is 11.3 Å². The molecule has 0 aliphatic carbocycles. The lowest BCUT2D eigenvalue weighted by atomic mass is 10.0. The van der Waals surface area contributed by atoms with E-state index in [1.807, 2.05) is 43.5 Å². The van der Waals surface area contributed by atoms with E-state index in [9.17, 15) is 4.79 Å². The average Bonchev–Trinajstić information content (AvgIpc) is 3.16. The van der Waals surface area contributed by atoms with Crippen molar-refractivity contribution in [3.63, 3.8) is 0 Å². The highest BCUT2D eigenvalue weighted by atomic mass is 32.1. The van der Waals surface area contributed by atoms with Crippen LogP contribution in [0.15, 0.2) is 36.5 Å². The first-order valence-corrected chi connectivity index (χ1v) is 10.4. The normalized spacial score (nSPS) is 11.2. The van der Waals surface area contributed by atoms with Crippen LogP contribution in [0.1, 0.15) is 33.0 Å². The summed E-state index contributed by atoms with van der Waals surface area (Å²) in [4.78, 5) is 23.2. The van der Waals surface area contributed by atoms with Crippen LogP contribution in [-0.2, 0) is 11.2 Å². The summed E-state index contributed by atoms with van der Waals surface area (Å²) in [6.07, 6.45) is 2.21. The van der Waals surface area contributed by atoms with E-state index in [0.717, 1.165) is 38.7 Å². The van der Waals surface area contributed by atoms with Crippen molar-refractivity contribution in [3.05, 3.63) is 69.5 Å². The first kappa shape index (κ1) is 19.3. The fourth-order valence-corrected chi connectivity index (χ4v) is 4.16. The molecule has 1 N–H and O–H groups in total. The van der Waals surface area contributed by atoms with Crippen molar-refractivity contribution in [1.82, 2.24) is 14.4 Å². The summed E-state index contributed by atoms with van der Waals surface area (Å²) in [5.74, 6) is -0.0915. The molecule has 0 spiro atoms. The number of amides is 1. The Kier molecular flexibility index (Phi) is 4.96. The molecule has 4 aromatic rings. The van der Waals surface area contributed by atoms with E-state index in [0.29, 0.717) is 5.13 Å². The van der Waals surface area contributed by atoms with Gasteiger partial charge < -0.3 is 9.72 Å². The second-order valence-electron chi connectivity index (χ2n) is 7.52. The zero-order valence-electron chi connectivity index (χ0n) is 17.3. The van der Waals surface area contributed by atoms with Crippen molar-refractivity contribution in [2.24, 2.45) is 0 Å². The van der Waals surface area contributed by atoms with Gasteiger partial charge in [0.2, 0.25) is 5.91 Å². The highest BCUT2D eigenvalue weighted by molar-refractivity contribution is 7.15. The smallest absolute Gasteiger partial charge is 0.232 e. The number of hydrogen-bond donors (Lipinski definition) is 1. The average molecular weight is 405 g/mol. The molecule has 0 aliphatic heterocycles. The van der Waals surface area contributed by atoms with Gasteiger partial charge in [-0.1, -0.05) is 12.1 Å². The van der Waals surface area contributed by atoms with Gasteiger partial charge in [-0.25, -0.2) is 9.97 Å². The molecule has 3 aromatic heterocycles. The van der Waals surface area contributed by atoms with Crippen LogP contribution in [-0.4, -0.2) is 20.3 Å². The first-order chi connectivity index (χ1) is 13.8. The molecule has 0 aliphatic rings. The molecule has 29 heavy (non-hydrogen) atoms. The number of aromatic nitrogens is 3. The maximum Gasteiger partial charge on any atom is 0.232 e. The Bertz CT molecular complexity index is 1220. The fraction of sp³-hybridized carbons (Fsp3) is 0.261. The predicted molar refractivity (Wildman–Crippen MR) is 119 cm³/mol. The number of thiazole rings is 1. The van der Waals surface area contributed by atoms with Crippen LogP contribution >= 0.6 is 11.3 Å². The van der Waals surface area contributed by atoms with Crippen LogP contribution in [0.5, 0.6) is 0 Å². The van der Waals surface area contributed by atoms with E-state index in [1.165, 1.54) is 22.5 Å². The molecule has 0 bridgehead atoms. The maximum absolute atomic E-state index is 12.8. The number of hydrogen-bond acceptors (Lipinski definition) is 4. The van der Waals surface area contributed by atoms with Gasteiger partial charge in [-0.3, -0.25) is 4.79 Å². The molecule has 0 saturated heterocycles. The van der Waals surface area contributed by atoms with E-state index in [1.54, 1.807) is 0 Å². The minimum atomic E-state index is -0.0915. The van der Waals surface area contributed by atoms with E-state index in [4.69, 9.17) is 4.98 Å². The largest absolute Gasteiger partial charge is 0.303 e. The van der Waals surface area contributed by atoms with Crippen LogP contribution in [0, 0.1) is 34.6 Å². The first-order valence-electron chi connectivity index (χ1n) is 9.61. The van der Waals surface area contributed by atoms with Gasteiger partial charge in [-0.15, -0.1) is 11.3 Å². The second-order valence-corrected chi connectivity index (χ2v) is 8.73. The second kappa shape index (κ2) is 7.44. The van der Waals surface area contributed by atoms with E-state index in [-0.39, 0.29) is 12.3 Å². The molecule has 1 aromatic carbocycles. The lowest BCUT2D eigenvalue weighted by Gasteiger charge is -2.08. The summed E-state index contributed by atoms with van der Waals surface area (Å²) >= 11 is 1.50. The lowest BCUT2D eigenvalue weighted by Crippen LogP contribution is -2.16. The molecule has 0 fully saturated rings. The number of nitrogens with zero attached hydrogens (tertiary/aromatic N) is 3. The third-order valence-corrected chi connectivity index (χ3v) is 6.25. The molecular formula is C23H24N4OS. The Morgan fingerprint density at radius 1 is 1.03 bits per heavy atom. The van der Waals surface area contributed by atoms with Crippen molar-refractivity contribution in [2.45, 2.75) is 41.0 Å². The summed E-state index contributed by atoms with van der Waals surface area (Å²) in [5, 5.41) is 3.59. The predicted octanol–water partition coefficient (Wildman–Crippen LogP) is 5.18. The van der Waals surface area contributed by atoms with Crippen LogP contribution < -0.4 is 5.32 Å². The number of benzene rings is 1. The zero-order chi connectivity index (χ0) is 20.7. The SMILES string of the molecule is Cc1ccn2c(CC(=O)Nc3nc(C)c(C)s3)c(-c3ccc(C)c(C)c3)nc2c1. The highest BCUT2D eigenvalue weighted by Crippen LogP contribution is 2.28. The van der Waals surface area contributed by atoms with Gasteiger partial charge in [0.15, 0.2) is 5.13 Å². The third-order valence-electron chi connectivity index (χ3n) is 5.26. The quantitative estimate of drug-likeness (QED) is 0.510. The Balaban J connectivity index is 1.75. The molecule has 3 heterocycles. The summed E-state index contributed by atoms with van der Waals surface area (Å²) in [7, 11) is 0. The highest BCUT2D eigenvalue weighted by Gasteiger charge is 2.18. The molecule has 4 rings (SSSR count). The summed E-state index contributed by atoms with van der Waals surface area (Å²) in [6.45, 7) is 10.2. The number of aryl methyl sites for hydroxylation is 5. The molecule has 5 nitrogen and oxygen atoms in total. The van der Waals surface area contributed by atoms with Crippen LogP contribution in [0.2, 0.25) is 0 Å². The van der Waals surface area contributed by atoms with Gasteiger partial charge in [0, 0.05) is 16.6 Å². The van der Waals surface area contributed by atoms with E-state index >= 15 is 0 Å². The zero-order valence-corrected chi connectivity index (χ0v) is 18.1. The number of rotatable bonds is 4. The van der Waals surface area contributed by atoms with Gasteiger partial charge in [0.05, 0.1) is 23.5 Å². The van der Waals surface area contributed by atoms with Crippen LogP contribution in [0.3, 0.4) is 0 Å². The molecule has 6 heteroatoms. The molecule has 0 saturated carbocycles.